The summed E-state index contributed by atoms with van der Waals surface area (Å²) in [6.45, 7) is 10.1. The minimum Gasteiger partial charge on any atom is -0.492 e. The van der Waals surface area contributed by atoms with Gasteiger partial charge >= 0.3 is 0 Å². The summed E-state index contributed by atoms with van der Waals surface area (Å²) in [7, 11) is -1.35. The number of morpholine rings is 1. The summed E-state index contributed by atoms with van der Waals surface area (Å²) in [4.78, 5) is 8.72. The molecule has 2 aliphatic rings. The van der Waals surface area contributed by atoms with Crippen LogP contribution in [-0.4, -0.2) is 94.3 Å². The molecule has 2 saturated heterocycles. The van der Waals surface area contributed by atoms with Gasteiger partial charge in [0.15, 0.2) is 15.8 Å². The number of aliphatic imine (C=N–C) groups is 1. The molecule has 31 heavy (non-hydrogen) atoms. The Balaban J connectivity index is 0.00000341. The number of benzene rings is 1. The molecule has 3 rings (SSSR count). The largest absolute Gasteiger partial charge is 0.492 e. The predicted molar refractivity (Wildman–Crippen MR) is 134 cm³/mol. The molecule has 1 aromatic carbocycles. The molecular formula is C21H35IN4O4S. The topological polar surface area (TPSA) is 83.5 Å². The Bertz CT molecular complexity index is 842. The number of ether oxygens (including phenoxy) is 2. The second-order valence-electron chi connectivity index (χ2n) is 8.35. The summed E-state index contributed by atoms with van der Waals surface area (Å²) >= 11 is 0. The molecule has 1 aromatic rings. The molecule has 0 atom stereocenters. The van der Waals surface area contributed by atoms with E-state index in [-0.39, 0.29) is 29.7 Å². The van der Waals surface area contributed by atoms with Crippen LogP contribution in [0.5, 0.6) is 5.75 Å². The van der Waals surface area contributed by atoms with Crippen molar-refractivity contribution in [1.29, 1.82) is 0 Å². The average Bonchev–Trinajstić information content (AvgIpc) is 2.72. The number of sulfone groups is 1. The number of nitrogens with one attached hydrogen (secondary N) is 1. The van der Waals surface area contributed by atoms with Gasteiger partial charge in [0.25, 0.3) is 0 Å². The van der Waals surface area contributed by atoms with E-state index in [2.05, 4.69) is 15.2 Å². The standard InChI is InChI=1S/C21H34N4O4S.HI/c1-21(2)17-25(10-14-30(21,26)27)20(22-3)23-16-18-5-4-6-19(15-18)29-13-9-24-7-11-28-12-8-24;/h4-6,15H,7-14,16-17H2,1-3H3,(H,22,23);1H. The first kappa shape index (κ1) is 26.1. The Morgan fingerprint density at radius 1 is 1.26 bits per heavy atom. The molecule has 0 radical (unpaired) electrons. The van der Waals surface area contributed by atoms with Crippen LogP contribution >= 0.6 is 24.0 Å². The second-order valence-corrected chi connectivity index (χ2v) is 11.1. The Kier molecular flexibility index (Phi) is 9.84. The van der Waals surface area contributed by atoms with Crippen LogP contribution < -0.4 is 10.1 Å². The number of guanidine groups is 1. The summed E-state index contributed by atoms with van der Waals surface area (Å²) in [5.74, 6) is 1.71. The molecule has 2 aliphatic heterocycles. The molecule has 0 saturated carbocycles. The quantitative estimate of drug-likeness (QED) is 0.318. The zero-order valence-corrected chi connectivity index (χ0v) is 21.8. The van der Waals surface area contributed by atoms with Gasteiger partial charge in [-0.05, 0) is 31.5 Å². The highest BCUT2D eigenvalue weighted by molar-refractivity contribution is 14.0. The van der Waals surface area contributed by atoms with Gasteiger partial charge in [-0.3, -0.25) is 9.89 Å². The van der Waals surface area contributed by atoms with Gasteiger partial charge in [0.05, 0.1) is 23.7 Å². The number of rotatable bonds is 6. The molecule has 0 aliphatic carbocycles. The van der Waals surface area contributed by atoms with E-state index in [9.17, 15) is 8.42 Å². The Labute approximate surface area is 203 Å². The lowest BCUT2D eigenvalue weighted by Crippen LogP contribution is -2.57. The lowest BCUT2D eigenvalue weighted by Gasteiger charge is -2.39. The molecular weight excluding hydrogens is 531 g/mol. The molecule has 0 bridgehead atoms. The fraction of sp³-hybridized carbons (Fsp3) is 0.667. The van der Waals surface area contributed by atoms with Crippen LogP contribution in [0.2, 0.25) is 0 Å². The summed E-state index contributed by atoms with van der Waals surface area (Å²) in [6.07, 6.45) is 0. The molecule has 10 heteroatoms. The van der Waals surface area contributed by atoms with Crippen molar-refractivity contribution < 1.29 is 17.9 Å². The maximum atomic E-state index is 12.3. The van der Waals surface area contributed by atoms with Gasteiger partial charge in [0.2, 0.25) is 0 Å². The summed E-state index contributed by atoms with van der Waals surface area (Å²) < 4.78 is 35.0. The smallest absolute Gasteiger partial charge is 0.193 e. The minimum atomic E-state index is -3.08. The first-order valence-electron chi connectivity index (χ1n) is 10.5. The van der Waals surface area contributed by atoms with Crippen molar-refractivity contribution in [3.05, 3.63) is 29.8 Å². The zero-order chi connectivity index (χ0) is 21.6. The van der Waals surface area contributed by atoms with Crippen molar-refractivity contribution in [3.63, 3.8) is 0 Å². The molecule has 2 fully saturated rings. The number of hydrogen-bond donors (Lipinski definition) is 1. The Morgan fingerprint density at radius 3 is 2.68 bits per heavy atom. The number of halogens is 1. The van der Waals surface area contributed by atoms with Gasteiger partial charge in [-0.25, -0.2) is 8.42 Å². The second kappa shape index (κ2) is 11.7. The molecule has 176 valence electrons. The predicted octanol–water partition coefficient (Wildman–Crippen LogP) is 1.60. The van der Waals surface area contributed by atoms with Gasteiger partial charge < -0.3 is 19.7 Å². The summed E-state index contributed by atoms with van der Waals surface area (Å²) in [6, 6.07) is 8.03. The van der Waals surface area contributed by atoms with Crippen LogP contribution in [0, 0.1) is 0 Å². The molecule has 0 spiro atoms. The van der Waals surface area contributed by atoms with Crippen LogP contribution in [0.3, 0.4) is 0 Å². The molecule has 0 amide bonds. The van der Waals surface area contributed by atoms with Crippen molar-refractivity contribution >= 4 is 39.8 Å². The average molecular weight is 567 g/mol. The number of hydrogen-bond acceptors (Lipinski definition) is 6. The monoisotopic (exact) mass is 566 g/mol. The third-order valence-electron chi connectivity index (χ3n) is 5.68. The van der Waals surface area contributed by atoms with E-state index >= 15 is 0 Å². The van der Waals surface area contributed by atoms with Crippen LogP contribution in [0.4, 0.5) is 0 Å². The third kappa shape index (κ3) is 7.19. The van der Waals surface area contributed by atoms with Crippen molar-refractivity contribution in [2.24, 2.45) is 4.99 Å². The van der Waals surface area contributed by atoms with E-state index < -0.39 is 14.6 Å². The maximum Gasteiger partial charge on any atom is 0.193 e. The molecule has 0 aromatic heterocycles. The molecule has 0 unspecified atom stereocenters. The normalized spacial score (nSPS) is 21.3. The fourth-order valence-electron chi connectivity index (χ4n) is 3.70. The zero-order valence-electron chi connectivity index (χ0n) is 18.7. The van der Waals surface area contributed by atoms with Crippen LogP contribution in [-0.2, 0) is 21.1 Å². The van der Waals surface area contributed by atoms with E-state index in [1.807, 2.05) is 29.2 Å². The summed E-state index contributed by atoms with van der Waals surface area (Å²) in [5.41, 5.74) is 1.09. The maximum absolute atomic E-state index is 12.3. The van der Waals surface area contributed by atoms with E-state index in [1.54, 1.807) is 20.9 Å². The van der Waals surface area contributed by atoms with Crippen LogP contribution in [0.25, 0.3) is 0 Å². The molecule has 1 N–H and O–H groups in total. The van der Waals surface area contributed by atoms with Crippen LogP contribution in [0.1, 0.15) is 19.4 Å². The lowest BCUT2D eigenvalue weighted by atomic mass is 10.2. The highest BCUT2D eigenvalue weighted by Crippen LogP contribution is 2.23. The first-order chi connectivity index (χ1) is 14.3. The summed E-state index contributed by atoms with van der Waals surface area (Å²) in [5, 5.41) is 3.36. The van der Waals surface area contributed by atoms with Crippen molar-refractivity contribution in [3.8, 4) is 5.75 Å². The van der Waals surface area contributed by atoms with Gasteiger partial charge in [0.1, 0.15) is 12.4 Å². The van der Waals surface area contributed by atoms with Gasteiger partial charge in [-0.15, -0.1) is 24.0 Å². The highest BCUT2D eigenvalue weighted by Gasteiger charge is 2.40. The van der Waals surface area contributed by atoms with E-state index in [0.717, 1.165) is 50.1 Å². The Hall–Kier alpha value is -1.11. The first-order valence-corrected chi connectivity index (χ1v) is 12.2. The lowest BCUT2D eigenvalue weighted by molar-refractivity contribution is 0.0322. The van der Waals surface area contributed by atoms with Gasteiger partial charge in [-0.2, -0.15) is 0 Å². The fourth-order valence-corrected chi connectivity index (χ4v) is 5.07. The van der Waals surface area contributed by atoms with Crippen molar-refractivity contribution in [2.45, 2.75) is 25.1 Å². The highest BCUT2D eigenvalue weighted by atomic mass is 127. The molecule has 2 heterocycles. The van der Waals surface area contributed by atoms with E-state index in [4.69, 9.17) is 9.47 Å². The van der Waals surface area contributed by atoms with Crippen molar-refractivity contribution in [1.82, 2.24) is 15.1 Å². The van der Waals surface area contributed by atoms with E-state index in [1.165, 1.54) is 0 Å². The van der Waals surface area contributed by atoms with Crippen LogP contribution in [0.15, 0.2) is 29.3 Å². The van der Waals surface area contributed by atoms with Gasteiger partial charge in [-0.1, -0.05) is 12.1 Å². The SMILES string of the molecule is CN=C(NCc1cccc(OCCN2CCOCC2)c1)N1CCS(=O)(=O)C(C)(C)C1.I. The van der Waals surface area contributed by atoms with E-state index in [0.29, 0.717) is 26.2 Å². The minimum absolute atomic E-state index is 0. The third-order valence-corrected chi connectivity index (χ3v) is 8.22. The Morgan fingerprint density at radius 2 is 2.00 bits per heavy atom. The van der Waals surface area contributed by atoms with Gasteiger partial charge in [0, 0.05) is 46.3 Å². The van der Waals surface area contributed by atoms with Crippen molar-refractivity contribution in [2.75, 3.05) is 65.3 Å². The number of nitrogens with zero attached hydrogens (tertiary/aromatic N) is 3. The molecule has 8 nitrogen and oxygen atoms in total.